The van der Waals surface area contributed by atoms with E-state index >= 15 is 0 Å². The lowest BCUT2D eigenvalue weighted by atomic mass is 10.0. The van der Waals surface area contributed by atoms with Crippen molar-refractivity contribution in [2.24, 2.45) is 5.92 Å². The van der Waals surface area contributed by atoms with Gasteiger partial charge < -0.3 is 14.2 Å². The van der Waals surface area contributed by atoms with E-state index in [0.29, 0.717) is 19.3 Å². The van der Waals surface area contributed by atoms with E-state index in [9.17, 15) is 14.4 Å². The highest BCUT2D eigenvalue weighted by Gasteiger charge is 2.19. The van der Waals surface area contributed by atoms with Crippen molar-refractivity contribution in [1.29, 1.82) is 0 Å². The van der Waals surface area contributed by atoms with Crippen LogP contribution in [0.5, 0.6) is 0 Å². The van der Waals surface area contributed by atoms with Crippen LogP contribution in [-0.2, 0) is 28.6 Å². The van der Waals surface area contributed by atoms with Crippen molar-refractivity contribution in [3.63, 3.8) is 0 Å². The maximum absolute atomic E-state index is 12.7. The molecule has 0 aromatic carbocycles. The molecule has 0 N–H and O–H groups in total. The molecule has 0 spiro atoms. The number of carbonyl (C=O) groups is 3. The second-order valence-corrected chi connectivity index (χ2v) is 17.6. The first-order chi connectivity index (χ1) is 27.4. The largest absolute Gasteiger partial charge is 0.462 e. The van der Waals surface area contributed by atoms with Gasteiger partial charge in [-0.25, -0.2) is 0 Å². The molecule has 0 saturated carbocycles. The molecule has 0 amide bonds. The van der Waals surface area contributed by atoms with Crippen LogP contribution in [0.15, 0.2) is 0 Å². The summed E-state index contributed by atoms with van der Waals surface area (Å²) in [5, 5.41) is 0. The number of unbranched alkanes of at least 4 members (excludes halogenated alkanes) is 32. The van der Waals surface area contributed by atoms with E-state index in [1.165, 1.54) is 173 Å². The number of carbonyl (C=O) groups excluding carboxylic acids is 3. The van der Waals surface area contributed by atoms with Crippen LogP contribution in [0.3, 0.4) is 0 Å². The number of rotatable bonds is 45. The van der Waals surface area contributed by atoms with E-state index < -0.39 is 6.10 Å². The molecule has 0 aliphatic carbocycles. The SMILES string of the molecule is CCCCCCCCCCCCCCCCC(=O)OC[C@@H](COC(=O)CCCCCCCCCCCCC)OC(=O)CCCCCCCCCCCCC(C)C. The molecule has 0 unspecified atom stereocenters. The van der Waals surface area contributed by atoms with E-state index in [1.54, 1.807) is 0 Å². The zero-order chi connectivity index (χ0) is 41.0. The van der Waals surface area contributed by atoms with Crippen LogP contribution in [0.25, 0.3) is 0 Å². The third-order valence-corrected chi connectivity index (χ3v) is 11.3. The van der Waals surface area contributed by atoms with Crippen molar-refractivity contribution >= 4 is 17.9 Å². The third-order valence-electron chi connectivity index (χ3n) is 11.3. The van der Waals surface area contributed by atoms with Gasteiger partial charge in [-0.05, 0) is 25.2 Å². The fourth-order valence-corrected chi connectivity index (χ4v) is 7.51. The van der Waals surface area contributed by atoms with E-state index in [1.807, 2.05) is 0 Å². The molecule has 1 atom stereocenters. The zero-order valence-corrected chi connectivity index (χ0v) is 38.1. The molecule has 0 aliphatic heterocycles. The minimum Gasteiger partial charge on any atom is -0.462 e. The van der Waals surface area contributed by atoms with Gasteiger partial charge in [0.05, 0.1) is 0 Å². The summed E-state index contributed by atoms with van der Waals surface area (Å²) in [5.41, 5.74) is 0. The molecule has 0 bridgehead atoms. The van der Waals surface area contributed by atoms with Gasteiger partial charge >= 0.3 is 17.9 Å². The fraction of sp³-hybridized carbons (Fsp3) is 0.940. The van der Waals surface area contributed by atoms with Gasteiger partial charge in [0.15, 0.2) is 6.10 Å². The Morgan fingerprint density at radius 1 is 0.339 bits per heavy atom. The first-order valence-electron chi connectivity index (χ1n) is 24.9. The average molecular weight is 793 g/mol. The van der Waals surface area contributed by atoms with Crippen molar-refractivity contribution in [3.8, 4) is 0 Å². The second-order valence-electron chi connectivity index (χ2n) is 17.6. The summed E-state index contributed by atoms with van der Waals surface area (Å²) in [5.74, 6) is -0.0318. The van der Waals surface area contributed by atoms with Gasteiger partial charge in [-0.2, -0.15) is 0 Å². The molecule has 56 heavy (non-hydrogen) atoms. The molecule has 332 valence electrons. The normalized spacial score (nSPS) is 11.9. The van der Waals surface area contributed by atoms with Crippen molar-refractivity contribution in [3.05, 3.63) is 0 Å². The van der Waals surface area contributed by atoms with Gasteiger partial charge in [0, 0.05) is 19.3 Å². The van der Waals surface area contributed by atoms with Crippen molar-refractivity contribution in [1.82, 2.24) is 0 Å². The minimum atomic E-state index is -0.760. The van der Waals surface area contributed by atoms with Gasteiger partial charge in [-0.15, -0.1) is 0 Å². The Hall–Kier alpha value is -1.59. The summed E-state index contributed by atoms with van der Waals surface area (Å²) in [6.45, 7) is 9.00. The van der Waals surface area contributed by atoms with E-state index in [-0.39, 0.29) is 31.1 Å². The Bertz CT molecular complexity index is 841. The molecule has 6 heteroatoms. The van der Waals surface area contributed by atoms with Gasteiger partial charge in [-0.3, -0.25) is 14.4 Å². The van der Waals surface area contributed by atoms with Gasteiger partial charge in [0.2, 0.25) is 0 Å². The van der Waals surface area contributed by atoms with E-state index in [0.717, 1.165) is 63.7 Å². The third kappa shape index (κ3) is 43.5. The Morgan fingerprint density at radius 3 is 0.875 bits per heavy atom. The molecule has 0 radical (unpaired) electrons. The molecule has 0 aliphatic rings. The standard InChI is InChI=1S/C50H96O6/c1-5-7-9-11-13-15-17-18-19-21-26-30-34-38-42-49(52)55-45-47(44-54-48(51)41-37-33-29-25-20-16-14-12-10-8-6-2)56-50(53)43-39-35-31-27-23-22-24-28-32-36-40-46(3)4/h46-47H,5-45H2,1-4H3/t47-/m1/s1. The van der Waals surface area contributed by atoms with Crippen molar-refractivity contribution in [2.75, 3.05) is 13.2 Å². The maximum Gasteiger partial charge on any atom is 0.306 e. The lowest BCUT2D eigenvalue weighted by molar-refractivity contribution is -0.167. The van der Waals surface area contributed by atoms with Crippen LogP contribution in [0, 0.1) is 5.92 Å². The van der Waals surface area contributed by atoms with Crippen molar-refractivity contribution in [2.45, 2.75) is 284 Å². The van der Waals surface area contributed by atoms with Crippen LogP contribution in [-0.4, -0.2) is 37.2 Å². The van der Waals surface area contributed by atoms with Crippen LogP contribution >= 0.6 is 0 Å². The second kappa shape index (κ2) is 44.5. The Balaban J connectivity index is 4.31. The Kier molecular flexibility index (Phi) is 43.2. The monoisotopic (exact) mass is 793 g/mol. The van der Waals surface area contributed by atoms with Crippen LogP contribution in [0.2, 0.25) is 0 Å². The summed E-state index contributed by atoms with van der Waals surface area (Å²) in [7, 11) is 0. The first kappa shape index (κ1) is 54.4. The maximum atomic E-state index is 12.7. The Labute approximate surface area is 348 Å². The number of esters is 3. The lowest BCUT2D eigenvalue weighted by Crippen LogP contribution is -2.30. The number of ether oxygens (including phenoxy) is 3. The summed E-state index contributed by atoms with van der Waals surface area (Å²) in [6, 6.07) is 0. The molecule has 0 saturated heterocycles. The van der Waals surface area contributed by atoms with E-state index in [2.05, 4.69) is 27.7 Å². The molecular weight excluding hydrogens is 697 g/mol. The van der Waals surface area contributed by atoms with Crippen LogP contribution < -0.4 is 0 Å². The smallest absolute Gasteiger partial charge is 0.306 e. The van der Waals surface area contributed by atoms with Gasteiger partial charge in [0.1, 0.15) is 13.2 Å². The molecule has 0 aromatic rings. The Morgan fingerprint density at radius 2 is 0.589 bits per heavy atom. The highest BCUT2D eigenvalue weighted by Crippen LogP contribution is 2.17. The predicted octanol–water partition coefficient (Wildman–Crippen LogP) is 15.9. The van der Waals surface area contributed by atoms with Crippen molar-refractivity contribution < 1.29 is 28.6 Å². The number of hydrogen-bond acceptors (Lipinski definition) is 6. The highest BCUT2D eigenvalue weighted by atomic mass is 16.6. The molecule has 0 rings (SSSR count). The minimum absolute atomic E-state index is 0.0631. The molecule has 0 fully saturated rings. The van der Waals surface area contributed by atoms with Gasteiger partial charge in [-0.1, -0.05) is 240 Å². The fourth-order valence-electron chi connectivity index (χ4n) is 7.51. The summed E-state index contributed by atoms with van der Waals surface area (Å²) in [4.78, 5) is 37.8. The van der Waals surface area contributed by atoms with Crippen LogP contribution in [0.4, 0.5) is 0 Å². The van der Waals surface area contributed by atoms with E-state index in [4.69, 9.17) is 14.2 Å². The average Bonchev–Trinajstić information content (AvgIpc) is 3.18. The summed E-state index contributed by atoms with van der Waals surface area (Å²) >= 11 is 0. The van der Waals surface area contributed by atoms with Crippen LogP contribution in [0.1, 0.15) is 278 Å². The summed E-state index contributed by atoms with van der Waals surface area (Å²) < 4.78 is 16.8. The highest BCUT2D eigenvalue weighted by molar-refractivity contribution is 5.71. The molecular formula is C50H96O6. The quantitative estimate of drug-likeness (QED) is 0.0347. The zero-order valence-electron chi connectivity index (χ0n) is 38.1. The number of hydrogen-bond donors (Lipinski definition) is 0. The first-order valence-corrected chi connectivity index (χ1v) is 24.9. The topological polar surface area (TPSA) is 78.9 Å². The summed E-state index contributed by atoms with van der Waals surface area (Å²) in [6.07, 6.45) is 45.1. The lowest BCUT2D eigenvalue weighted by Gasteiger charge is -2.18. The van der Waals surface area contributed by atoms with Gasteiger partial charge in [0.25, 0.3) is 0 Å². The molecule has 0 heterocycles. The molecule has 6 nitrogen and oxygen atoms in total. The molecule has 0 aromatic heterocycles. The predicted molar refractivity (Wildman–Crippen MR) is 238 cm³/mol.